The second-order valence-electron chi connectivity index (χ2n) is 3.50. The van der Waals surface area contributed by atoms with Crippen molar-refractivity contribution in [3.63, 3.8) is 0 Å². The second kappa shape index (κ2) is 4.53. The van der Waals surface area contributed by atoms with Crippen LogP contribution < -0.4 is 0 Å². The van der Waals surface area contributed by atoms with Gasteiger partial charge in [-0.05, 0) is 12.3 Å². The van der Waals surface area contributed by atoms with Crippen molar-refractivity contribution in [2.24, 2.45) is 5.92 Å². The number of carbonyl (C=O) groups is 1. The van der Waals surface area contributed by atoms with Crippen LogP contribution >= 0.6 is 0 Å². The molecule has 63 valence electrons. The monoisotopic (exact) mass is 153 g/mol. The fourth-order valence-corrected chi connectivity index (χ4v) is 1.70. The van der Waals surface area contributed by atoms with Gasteiger partial charge in [0.2, 0.25) is 0 Å². The van der Waals surface area contributed by atoms with Gasteiger partial charge in [-0.25, -0.2) is 0 Å². The first-order valence-corrected chi connectivity index (χ1v) is 4.64. The van der Waals surface area contributed by atoms with Gasteiger partial charge in [-0.3, -0.25) is 4.79 Å². The smallest absolute Gasteiger partial charge is 0.133 e. The Balaban J connectivity index is 2.35. The Morgan fingerprint density at radius 2 is 2.18 bits per heavy atom. The average Bonchev–Trinajstić information content (AvgIpc) is 1.96. The topological polar surface area (TPSA) is 17.1 Å². The first-order valence-electron chi connectivity index (χ1n) is 4.64. The van der Waals surface area contributed by atoms with Gasteiger partial charge in [0.25, 0.3) is 0 Å². The van der Waals surface area contributed by atoms with Gasteiger partial charge in [-0.1, -0.05) is 32.6 Å². The fourth-order valence-electron chi connectivity index (χ4n) is 1.70. The van der Waals surface area contributed by atoms with E-state index >= 15 is 0 Å². The Morgan fingerprint density at radius 1 is 1.36 bits per heavy atom. The molecule has 1 heteroatoms. The lowest BCUT2D eigenvalue weighted by Crippen LogP contribution is -2.10. The molecule has 11 heavy (non-hydrogen) atoms. The molecule has 1 aliphatic rings. The third kappa shape index (κ3) is 3.04. The van der Waals surface area contributed by atoms with E-state index in [1.165, 1.54) is 19.3 Å². The van der Waals surface area contributed by atoms with Crippen molar-refractivity contribution >= 4 is 5.78 Å². The van der Waals surface area contributed by atoms with Crippen LogP contribution in [0.3, 0.4) is 0 Å². The minimum Gasteiger partial charge on any atom is -0.300 e. The van der Waals surface area contributed by atoms with Gasteiger partial charge in [0.05, 0.1) is 0 Å². The van der Waals surface area contributed by atoms with Crippen LogP contribution in [0.1, 0.15) is 44.9 Å². The molecule has 0 amide bonds. The lowest BCUT2D eigenvalue weighted by molar-refractivity contribution is -0.120. The molecule has 0 aromatic rings. The molecule has 0 bridgehead atoms. The standard InChI is InChI=1S/C10H17O/c1-2-9-6-4-3-5-7-10(11)8-9/h9H,1-8H2. The normalized spacial score (nSPS) is 27.7. The van der Waals surface area contributed by atoms with Crippen molar-refractivity contribution in [3.8, 4) is 0 Å². The van der Waals surface area contributed by atoms with Crippen molar-refractivity contribution in [2.45, 2.75) is 44.9 Å². The molecule has 1 nitrogen and oxygen atoms in total. The quantitative estimate of drug-likeness (QED) is 0.566. The summed E-state index contributed by atoms with van der Waals surface area (Å²) in [6.07, 6.45) is 7.42. The molecule has 1 atom stereocenters. The minimum absolute atomic E-state index is 0.457. The van der Waals surface area contributed by atoms with E-state index in [0.717, 1.165) is 25.7 Å². The Hall–Kier alpha value is -0.330. The van der Waals surface area contributed by atoms with Gasteiger partial charge < -0.3 is 0 Å². The molecule has 1 radical (unpaired) electrons. The van der Waals surface area contributed by atoms with Gasteiger partial charge in [-0.15, -0.1) is 0 Å². The van der Waals surface area contributed by atoms with E-state index in [0.29, 0.717) is 11.7 Å². The van der Waals surface area contributed by atoms with Crippen LogP contribution in [0.15, 0.2) is 0 Å². The molecule has 1 fully saturated rings. The van der Waals surface area contributed by atoms with Crippen LogP contribution in [-0.4, -0.2) is 5.78 Å². The van der Waals surface area contributed by atoms with E-state index in [1.807, 2.05) is 0 Å². The number of rotatable bonds is 1. The molecule has 0 saturated heterocycles. The Labute approximate surface area is 69.2 Å². The molecule has 0 N–H and O–H groups in total. The van der Waals surface area contributed by atoms with Gasteiger partial charge in [0.1, 0.15) is 5.78 Å². The number of ketones is 1. The van der Waals surface area contributed by atoms with E-state index in [2.05, 4.69) is 6.92 Å². The summed E-state index contributed by atoms with van der Waals surface area (Å²) in [5, 5.41) is 0. The largest absolute Gasteiger partial charge is 0.300 e. The SMILES string of the molecule is [CH2]CC1CCCCCC(=O)C1. The summed E-state index contributed by atoms with van der Waals surface area (Å²) in [5.74, 6) is 1.04. The van der Waals surface area contributed by atoms with E-state index < -0.39 is 0 Å². The third-order valence-corrected chi connectivity index (χ3v) is 2.49. The van der Waals surface area contributed by atoms with E-state index in [-0.39, 0.29) is 0 Å². The van der Waals surface area contributed by atoms with Crippen molar-refractivity contribution in [1.29, 1.82) is 0 Å². The molecular formula is C10H17O. The molecule has 0 aromatic heterocycles. The van der Waals surface area contributed by atoms with E-state index in [1.54, 1.807) is 0 Å². The molecule has 0 heterocycles. The molecule has 1 saturated carbocycles. The summed E-state index contributed by atoms with van der Waals surface area (Å²) in [5.41, 5.74) is 0. The van der Waals surface area contributed by atoms with Crippen LogP contribution in [0.4, 0.5) is 0 Å². The van der Waals surface area contributed by atoms with Crippen molar-refractivity contribution in [2.75, 3.05) is 0 Å². The zero-order chi connectivity index (χ0) is 8.10. The summed E-state index contributed by atoms with van der Waals surface area (Å²) in [7, 11) is 0. The second-order valence-corrected chi connectivity index (χ2v) is 3.50. The van der Waals surface area contributed by atoms with E-state index in [4.69, 9.17) is 0 Å². The molecule has 0 aliphatic heterocycles. The maximum absolute atomic E-state index is 11.2. The van der Waals surface area contributed by atoms with Crippen LogP contribution in [0.5, 0.6) is 0 Å². The zero-order valence-corrected chi connectivity index (χ0v) is 7.14. The number of Topliss-reactive ketones (excluding diaryl/α,β-unsaturated/α-hetero) is 1. The van der Waals surface area contributed by atoms with Crippen LogP contribution in [0.2, 0.25) is 0 Å². The highest BCUT2D eigenvalue weighted by Crippen LogP contribution is 2.22. The molecule has 1 aliphatic carbocycles. The summed E-state index contributed by atoms with van der Waals surface area (Å²) in [4.78, 5) is 11.2. The molecule has 0 spiro atoms. The lowest BCUT2D eigenvalue weighted by Gasteiger charge is -2.16. The first kappa shape index (κ1) is 8.76. The summed E-state index contributed by atoms with van der Waals surface area (Å²) in [6, 6.07) is 0. The van der Waals surface area contributed by atoms with Gasteiger partial charge >= 0.3 is 0 Å². The third-order valence-electron chi connectivity index (χ3n) is 2.49. The highest BCUT2D eigenvalue weighted by Gasteiger charge is 2.14. The van der Waals surface area contributed by atoms with Gasteiger partial charge in [0, 0.05) is 12.8 Å². The van der Waals surface area contributed by atoms with Gasteiger partial charge in [-0.2, -0.15) is 0 Å². The van der Waals surface area contributed by atoms with E-state index in [9.17, 15) is 4.79 Å². The Morgan fingerprint density at radius 3 is 2.91 bits per heavy atom. The summed E-state index contributed by atoms with van der Waals surface area (Å²) >= 11 is 0. The summed E-state index contributed by atoms with van der Waals surface area (Å²) < 4.78 is 0. The molecular weight excluding hydrogens is 136 g/mol. The van der Waals surface area contributed by atoms with Crippen LogP contribution in [0, 0.1) is 12.8 Å². The number of hydrogen-bond acceptors (Lipinski definition) is 1. The molecule has 1 rings (SSSR count). The Kier molecular flexibility index (Phi) is 3.61. The molecule has 0 aromatic carbocycles. The molecule has 1 unspecified atom stereocenters. The maximum Gasteiger partial charge on any atom is 0.133 e. The van der Waals surface area contributed by atoms with Crippen molar-refractivity contribution < 1.29 is 4.79 Å². The van der Waals surface area contributed by atoms with Crippen molar-refractivity contribution in [3.05, 3.63) is 6.92 Å². The van der Waals surface area contributed by atoms with Crippen molar-refractivity contribution in [1.82, 2.24) is 0 Å². The van der Waals surface area contributed by atoms with Crippen LogP contribution in [-0.2, 0) is 4.79 Å². The fraction of sp³-hybridized carbons (Fsp3) is 0.800. The first-order chi connectivity index (χ1) is 5.33. The lowest BCUT2D eigenvalue weighted by atomic mass is 9.89. The average molecular weight is 153 g/mol. The highest BCUT2D eigenvalue weighted by molar-refractivity contribution is 5.78. The zero-order valence-electron chi connectivity index (χ0n) is 7.14. The van der Waals surface area contributed by atoms with Gasteiger partial charge in [0.15, 0.2) is 0 Å². The number of hydrogen-bond donors (Lipinski definition) is 0. The number of carbonyl (C=O) groups excluding carboxylic acids is 1. The highest BCUT2D eigenvalue weighted by atomic mass is 16.1. The minimum atomic E-state index is 0.457. The predicted molar refractivity (Wildman–Crippen MR) is 46.2 cm³/mol. The maximum atomic E-state index is 11.2. The summed E-state index contributed by atoms with van der Waals surface area (Å²) in [6.45, 7) is 3.86. The Bertz CT molecular complexity index is 129. The van der Waals surface area contributed by atoms with Crippen LogP contribution in [0.25, 0.3) is 0 Å². The predicted octanol–water partition coefficient (Wildman–Crippen LogP) is 2.75.